The van der Waals surface area contributed by atoms with Gasteiger partial charge in [0.2, 0.25) is 0 Å². The highest BCUT2D eigenvalue weighted by Gasteiger charge is 2.19. The lowest BCUT2D eigenvalue weighted by Crippen LogP contribution is -2.05. The van der Waals surface area contributed by atoms with Gasteiger partial charge < -0.3 is 9.15 Å². The number of pyridine rings is 4. The molecule has 0 unspecified atom stereocenters. The van der Waals surface area contributed by atoms with Gasteiger partial charge in [0.05, 0.1) is 44.8 Å². The molecule has 2 aliphatic rings. The minimum absolute atomic E-state index is 0.581. The van der Waals surface area contributed by atoms with Gasteiger partial charge in [-0.1, -0.05) is 109 Å². The Morgan fingerprint density at radius 1 is 0.409 bits per heavy atom. The number of nitrogens with zero attached hydrogens (tertiary/aromatic N) is 4. The van der Waals surface area contributed by atoms with Crippen LogP contribution < -0.4 is 4.74 Å². The van der Waals surface area contributed by atoms with Gasteiger partial charge in [-0.2, -0.15) is 0 Å². The molecule has 306 valence electrons. The lowest BCUT2D eigenvalue weighted by atomic mass is 9.94. The lowest BCUT2D eigenvalue weighted by molar-refractivity contribution is 0.302. The van der Waals surface area contributed by atoms with Crippen molar-refractivity contribution in [1.29, 1.82) is 0 Å². The Kier molecular flexibility index (Phi) is 7.90. The van der Waals surface area contributed by atoms with Crippen LogP contribution in [0.2, 0.25) is 0 Å². The molecule has 5 aromatic heterocycles. The number of ether oxygens (including phenoxy) is 1. The SMILES string of the molecule is C1=Cc2ccc(-c3ccc4ccc5ccc(-c6ccc7c(c6)-c6ccccc6CO7)nc5c4n3)cc2C=CC=1c1ccc2ccc3ccc(-c4ccc5oc6ccccc6c5c4)nc3c2n1. The van der Waals surface area contributed by atoms with E-state index in [4.69, 9.17) is 29.1 Å². The number of furan rings is 1. The van der Waals surface area contributed by atoms with E-state index in [2.05, 4.69) is 170 Å². The quantitative estimate of drug-likeness (QED) is 0.130. The molecule has 0 saturated carbocycles. The summed E-state index contributed by atoms with van der Waals surface area (Å²) in [4.78, 5) is 21.0. The van der Waals surface area contributed by atoms with E-state index in [-0.39, 0.29) is 0 Å². The van der Waals surface area contributed by atoms with Crippen LogP contribution in [0.5, 0.6) is 5.75 Å². The number of benzene rings is 7. The smallest absolute Gasteiger partial charge is 0.135 e. The van der Waals surface area contributed by atoms with Gasteiger partial charge in [-0.05, 0) is 107 Å². The highest BCUT2D eigenvalue weighted by molar-refractivity contribution is 6.08. The fourth-order valence-corrected chi connectivity index (χ4v) is 9.69. The van der Waals surface area contributed by atoms with E-state index in [9.17, 15) is 0 Å². The first-order chi connectivity index (χ1) is 32.6. The number of allylic oxidation sites excluding steroid dienone is 2. The Bertz CT molecular complexity index is 4170. The normalized spacial score (nSPS) is 12.9. The van der Waals surface area contributed by atoms with Crippen LogP contribution in [0.1, 0.15) is 22.4 Å². The van der Waals surface area contributed by atoms with Crippen LogP contribution in [0, 0.1) is 0 Å². The number of hydrogen-bond acceptors (Lipinski definition) is 6. The van der Waals surface area contributed by atoms with Crippen molar-refractivity contribution in [2.75, 3.05) is 0 Å². The van der Waals surface area contributed by atoms with Gasteiger partial charge in [-0.25, -0.2) is 19.9 Å². The Labute approximate surface area is 378 Å². The highest BCUT2D eigenvalue weighted by Crippen LogP contribution is 2.41. The van der Waals surface area contributed by atoms with Crippen molar-refractivity contribution in [2.24, 2.45) is 0 Å². The van der Waals surface area contributed by atoms with Crippen molar-refractivity contribution in [3.63, 3.8) is 0 Å². The van der Waals surface area contributed by atoms with E-state index >= 15 is 0 Å². The maximum Gasteiger partial charge on any atom is 0.135 e. The molecule has 6 heterocycles. The topological polar surface area (TPSA) is 73.9 Å². The van der Waals surface area contributed by atoms with Gasteiger partial charge in [0, 0.05) is 60.1 Å². The van der Waals surface area contributed by atoms with Gasteiger partial charge in [0.1, 0.15) is 23.5 Å². The summed E-state index contributed by atoms with van der Waals surface area (Å²) >= 11 is 0. The average Bonchev–Trinajstić information content (AvgIpc) is 3.62. The summed E-state index contributed by atoms with van der Waals surface area (Å²) in [5.74, 6) is 0.897. The largest absolute Gasteiger partial charge is 0.488 e. The molecular weight excluding hydrogens is 809 g/mol. The predicted molar refractivity (Wildman–Crippen MR) is 268 cm³/mol. The van der Waals surface area contributed by atoms with E-state index in [1.807, 2.05) is 30.3 Å². The average molecular weight is 843 g/mol. The number of hydrogen-bond donors (Lipinski definition) is 0. The third-order valence-electron chi connectivity index (χ3n) is 13.1. The van der Waals surface area contributed by atoms with E-state index in [0.29, 0.717) is 6.61 Å². The number of fused-ring (bicyclic) bond motifs is 13. The summed E-state index contributed by atoms with van der Waals surface area (Å²) in [6.45, 7) is 0.581. The molecule has 0 atom stereocenters. The summed E-state index contributed by atoms with van der Waals surface area (Å²) in [5, 5.41) is 6.33. The monoisotopic (exact) mass is 842 g/mol. The van der Waals surface area contributed by atoms with Crippen molar-refractivity contribution >= 4 is 83.3 Å². The van der Waals surface area contributed by atoms with Gasteiger partial charge in [0.15, 0.2) is 0 Å². The zero-order chi connectivity index (χ0) is 43.3. The second kappa shape index (κ2) is 14.3. The molecule has 6 heteroatoms. The number of rotatable bonds is 4. The third-order valence-corrected chi connectivity index (χ3v) is 13.1. The van der Waals surface area contributed by atoms with E-state index in [1.165, 1.54) is 11.1 Å². The van der Waals surface area contributed by atoms with Gasteiger partial charge in [-0.3, -0.25) is 0 Å². The molecule has 0 N–H and O–H groups in total. The lowest BCUT2D eigenvalue weighted by Gasteiger charge is -2.21. The first-order valence-electron chi connectivity index (χ1n) is 22.1. The van der Waals surface area contributed by atoms with Crippen LogP contribution >= 0.6 is 0 Å². The van der Waals surface area contributed by atoms with Gasteiger partial charge >= 0.3 is 0 Å². The Balaban J connectivity index is 0.790. The minimum atomic E-state index is 0.581. The van der Waals surface area contributed by atoms with E-state index in [1.54, 1.807) is 0 Å². The second-order valence-corrected chi connectivity index (χ2v) is 17.0. The molecule has 12 aromatic rings. The summed E-state index contributed by atoms with van der Waals surface area (Å²) in [6, 6.07) is 61.1. The fourth-order valence-electron chi connectivity index (χ4n) is 9.69. The van der Waals surface area contributed by atoms with Crippen molar-refractivity contribution in [1.82, 2.24) is 19.9 Å². The van der Waals surface area contributed by atoms with Crippen LogP contribution in [-0.4, -0.2) is 19.9 Å². The summed E-state index contributed by atoms with van der Waals surface area (Å²) in [7, 11) is 0. The third kappa shape index (κ3) is 5.90. The van der Waals surface area contributed by atoms with E-state index in [0.717, 1.165) is 133 Å². The Morgan fingerprint density at radius 3 is 1.70 bits per heavy atom. The minimum Gasteiger partial charge on any atom is -0.488 e. The Morgan fingerprint density at radius 2 is 0.970 bits per heavy atom. The van der Waals surface area contributed by atoms with Crippen LogP contribution in [0.15, 0.2) is 192 Å². The molecule has 0 amide bonds. The molecule has 6 nitrogen and oxygen atoms in total. The predicted octanol–water partition coefficient (Wildman–Crippen LogP) is 15.1. The summed E-state index contributed by atoms with van der Waals surface area (Å²) < 4.78 is 12.2. The molecule has 0 saturated heterocycles. The molecule has 1 aliphatic heterocycles. The molecular formula is C60H34N4O2. The van der Waals surface area contributed by atoms with Gasteiger partial charge in [0.25, 0.3) is 0 Å². The molecule has 0 bridgehead atoms. The highest BCUT2D eigenvalue weighted by atomic mass is 16.5. The van der Waals surface area contributed by atoms with Crippen molar-refractivity contribution in [3.8, 4) is 50.6 Å². The molecule has 1 aliphatic carbocycles. The summed E-state index contributed by atoms with van der Waals surface area (Å²) in [6.07, 6.45) is 6.30. The molecule has 0 spiro atoms. The maximum atomic E-state index is 6.10. The Hall–Kier alpha value is -8.96. The van der Waals surface area contributed by atoms with Crippen LogP contribution in [0.3, 0.4) is 0 Å². The van der Waals surface area contributed by atoms with Gasteiger partial charge in [-0.15, -0.1) is 5.73 Å². The van der Waals surface area contributed by atoms with Crippen molar-refractivity contribution < 1.29 is 9.15 Å². The number of aromatic nitrogens is 4. The molecule has 66 heavy (non-hydrogen) atoms. The summed E-state index contributed by atoms with van der Waals surface area (Å²) in [5.41, 5.74) is 21.9. The first-order valence-corrected chi connectivity index (χ1v) is 22.1. The molecule has 7 aromatic carbocycles. The zero-order valence-electron chi connectivity index (χ0n) is 35.3. The van der Waals surface area contributed by atoms with E-state index < -0.39 is 0 Å². The molecule has 0 radical (unpaired) electrons. The van der Waals surface area contributed by atoms with Crippen molar-refractivity contribution in [3.05, 3.63) is 210 Å². The molecule has 14 rings (SSSR count). The standard InChI is InChI=1S/C60H34N4O2/c1-2-6-46-45(5-1)34-65-54-29-23-43(32-48(46)54)52-27-21-40-16-15-38-20-26-51(62-59(38)60(40)63-52)42-18-10-35-9-11-36(12-17-41(35)31-42)50-25-19-37-13-14-39-22-28-53(64-58(39)57(37)61-50)44-24-30-56-49(33-44)47-7-3-4-8-55(47)66-56/h1-10,12-33H,34H2. The molecule has 0 fully saturated rings. The number of para-hydroxylation sites is 1. The van der Waals surface area contributed by atoms with Crippen LogP contribution in [-0.2, 0) is 6.61 Å². The van der Waals surface area contributed by atoms with Crippen LogP contribution in [0.25, 0.3) is 128 Å². The fraction of sp³-hybridized carbons (Fsp3) is 0.0167. The maximum absolute atomic E-state index is 6.10. The zero-order valence-corrected chi connectivity index (χ0v) is 35.3. The second-order valence-electron chi connectivity index (χ2n) is 17.0. The van der Waals surface area contributed by atoms with Crippen LogP contribution in [0.4, 0.5) is 0 Å². The first kappa shape index (κ1) is 36.5. The van der Waals surface area contributed by atoms with Crippen molar-refractivity contribution in [2.45, 2.75) is 6.61 Å².